The van der Waals surface area contributed by atoms with Crippen LogP contribution in [0.5, 0.6) is 0 Å². The van der Waals surface area contributed by atoms with Gasteiger partial charge in [-0.05, 0) is 22.3 Å². The van der Waals surface area contributed by atoms with Gasteiger partial charge < -0.3 is 5.84 Å². The molecule has 2 aromatic rings. The Bertz CT molecular complexity index is 738. The van der Waals surface area contributed by atoms with E-state index in [4.69, 9.17) is 5.84 Å². The number of hydrazone groups is 1. The van der Waals surface area contributed by atoms with Gasteiger partial charge in [-0.2, -0.15) is 0 Å². The molecule has 1 amide bonds. The van der Waals surface area contributed by atoms with Gasteiger partial charge in [0, 0.05) is 0 Å². The van der Waals surface area contributed by atoms with Gasteiger partial charge in [-0.3, -0.25) is 15.5 Å². The molecule has 1 aliphatic heterocycles. The van der Waals surface area contributed by atoms with E-state index in [-0.39, 0.29) is 11.9 Å². The molecule has 6 nitrogen and oxygen atoms in total. The Kier molecular flexibility index (Phi) is 2.31. The minimum atomic E-state index is -0.971. The van der Waals surface area contributed by atoms with Crippen LogP contribution in [-0.4, -0.2) is 11.9 Å². The zero-order valence-electron chi connectivity index (χ0n) is 11.1. The molecule has 1 fully saturated rings. The van der Waals surface area contributed by atoms with Crippen LogP contribution in [0.1, 0.15) is 11.1 Å². The summed E-state index contributed by atoms with van der Waals surface area (Å²) in [6.07, 6.45) is 0. The fraction of sp³-hybridized carbons (Fsp3) is 0.0667. The van der Waals surface area contributed by atoms with Crippen LogP contribution >= 0.6 is 0 Å². The Labute approximate surface area is 121 Å². The molecule has 0 bridgehead atoms. The Morgan fingerprint density at radius 1 is 0.952 bits per heavy atom. The maximum Gasteiger partial charge on any atom is 0.258 e. The molecule has 0 radical (unpaired) electrons. The van der Waals surface area contributed by atoms with Gasteiger partial charge in [-0.25, -0.2) is 5.43 Å². The number of amides is 1. The SMILES string of the molecule is N/N=C1/NNC2(C(=O)N1)c1ccccc1-c1ccccc12. The normalized spacial score (nSPS) is 19.8. The van der Waals surface area contributed by atoms with E-state index >= 15 is 0 Å². The Morgan fingerprint density at radius 2 is 1.52 bits per heavy atom. The van der Waals surface area contributed by atoms with Crippen molar-refractivity contribution in [2.45, 2.75) is 5.54 Å². The second kappa shape index (κ2) is 4.07. The molecule has 1 heterocycles. The molecule has 2 aromatic carbocycles. The van der Waals surface area contributed by atoms with E-state index in [0.29, 0.717) is 0 Å². The van der Waals surface area contributed by atoms with Crippen LogP contribution in [0.4, 0.5) is 0 Å². The van der Waals surface area contributed by atoms with Gasteiger partial charge in [-0.1, -0.05) is 48.5 Å². The van der Waals surface area contributed by atoms with E-state index in [0.717, 1.165) is 22.3 Å². The lowest BCUT2D eigenvalue weighted by Gasteiger charge is -2.36. The minimum absolute atomic E-state index is 0.201. The van der Waals surface area contributed by atoms with Gasteiger partial charge in [0.25, 0.3) is 5.91 Å². The molecule has 0 aromatic heterocycles. The van der Waals surface area contributed by atoms with E-state index < -0.39 is 5.54 Å². The largest absolute Gasteiger partial charge is 0.320 e. The molecule has 1 aliphatic carbocycles. The van der Waals surface area contributed by atoms with Crippen molar-refractivity contribution in [3.63, 3.8) is 0 Å². The van der Waals surface area contributed by atoms with Crippen LogP contribution in [0.15, 0.2) is 53.6 Å². The molecule has 1 spiro atoms. The van der Waals surface area contributed by atoms with Crippen LogP contribution in [0.25, 0.3) is 11.1 Å². The summed E-state index contributed by atoms with van der Waals surface area (Å²) in [6, 6.07) is 15.7. The number of benzene rings is 2. The third-order valence-electron chi connectivity index (χ3n) is 4.02. The standard InChI is InChI=1S/C15H13N5O/c16-18-14-17-13(21)15(20-19-14)11-7-3-1-5-9(11)10-6-2-4-8-12(10)15/h1-8,20H,16H2,(H2,17,18,19,21). The van der Waals surface area contributed by atoms with Crippen molar-refractivity contribution in [1.82, 2.24) is 16.2 Å². The van der Waals surface area contributed by atoms with E-state index in [1.807, 2.05) is 48.5 Å². The average Bonchev–Trinajstić information content (AvgIpc) is 2.82. The van der Waals surface area contributed by atoms with Crippen molar-refractivity contribution in [1.29, 1.82) is 0 Å². The van der Waals surface area contributed by atoms with Gasteiger partial charge in [-0.15, -0.1) is 5.10 Å². The molecule has 1 saturated heterocycles. The van der Waals surface area contributed by atoms with Crippen molar-refractivity contribution in [3.8, 4) is 11.1 Å². The number of nitrogens with zero attached hydrogens (tertiary/aromatic N) is 1. The fourth-order valence-corrected chi connectivity index (χ4v) is 3.12. The number of hydrogen-bond acceptors (Lipinski definition) is 4. The molecule has 0 saturated carbocycles. The number of hydrazine groups is 1. The van der Waals surface area contributed by atoms with E-state index in [1.54, 1.807) is 0 Å². The smallest absolute Gasteiger partial charge is 0.258 e. The summed E-state index contributed by atoms with van der Waals surface area (Å²) in [5.41, 5.74) is 8.88. The van der Waals surface area contributed by atoms with Crippen LogP contribution < -0.4 is 22.0 Å². The van der Waals surface area contributed by atoms with E-state index in [1.165, 1.54) is 0 Å². The molecule has 104 valence electrons. The van der Waals surface area contributed by atoms with Gasteiger partial charge >= 0.3 is 0 Å². The molecule has 5 N–H and O–H groups in total. The van der Waals surface area contributed by atoms with Crippen molar-refractivity contribution < 1.29 is 4.79 Å². The Hall–Kier alpha value is -2.86. The van der Waals surface area contributed by atoms with Crippen molar-refractivity contribution in [3.05, 3.63) is 59.7 Å². The van der Waals surface area contributed by atoms with Crippen LogP contribution in [0.2, 0.25) is 0 Å². The number of hydrogen-bond donors (Lipinski definition) is 4. The lowest BCUT2D eigenvalue weighted by molar-refractivity contribution is -0.126. The predicted molar refractivity (Wildman–Crippen MR) is 78.7 cm³/mol. The predicted octanol–water partition coefficient (Wildman–Crippen LogP) is 0.364. The zero-order chi connectivity index (χ0) is 14.4. The number of guanidine groups is 1. The number of carbonyl (C=O) groups excluding carboxylic acids is 1. The lowest BCUT2D eigenvalue weighted by atomic mass is 9.86. The number of nitrogens with two attached hydrogens (primary N) is 1. The molecule has 0 unspecified atom stereocenters. The summed E-state index contributed by atoms with van der Waals surface area (Å²) in [5, 5.41) is 6.17. The number of rotatable bonds is 0. The van der Waals surface area contributed by atoms with Gasteiger partial charge in [0.2, 0.25) is 5.96 Å². The number of nitrogens with one attached hydrogen (secondary N) is 3. The van der Waals surface area contributed by atoms with Crippen molar-refractivity contribution >= 4 is 11.9 Å². The monoisotopic (exact) mass is 279 g/mol. The minimum Gasteiger partial charge on any atom is -0.320 e. The summed E-state index contributed by atoms with van der Waals surface area (Å²) in [7, 11) is 0. The highest BCUT2D eigenvalue weighted by Crippen LogP contribution is 2.47. The molecule has 0 atom stereocenters. The second-order valence-corrected chi connectivity index (χ2v) is 5.02. The molecular formula is C15H13N5O. The van der Waals surface area contributed by atoms with Crippen LogP contribution in [0.3, 0.4) is 0 Å². The fourth-order valence-electron chi connectivity index (χ4n) is 3.12. The second-order valence-electron chi connectivity index (χ2n) is 5.02. The maximum atomic E-state index is 12.8. The highest BCUT2D eigenvalue weighted by Gasteiger charge is 2.51. The van der Waals surface area contributed by atoms with Crippen molar-refractivity contribution in [2.75, 3.05) is 0 Å². The molecule has 2 aliphatic rings. The van der Waals surface area contributed by atoms with Crippen molar-refractivity contribution in [2.24, 2.45) is 10.9 Å². The van der Waals surface area contributed by atoms with Crippen LogP contribution in [0, 0.1) is 0 Å². The first-order valence-electron chi connectivity index (χ1n) is 6.59. The third kappa shape index (κ3) is 1.39. The van der Waals surface area contributed by atoms with E-state index in [9.17, 15) is 4.79 Å². The van der Waals surface area contributed by atoms with Gasteiger partial charge in [0.15, 0.2) is 5.54 Å². The Morgan fingerprint density at radius 3 is 2.05 bits per heavy atom. The maximum absolute atomic E-state index is 12.8. The summed E-state index contributed by atoms with van der Waals surface area (Å²) in [6.45, 7) is 0. The lowest BCUT2D eigenvalue weighted by Crippen LogP contribution is -2.68. The molecular weight excluding hydrogens is 266 g/mol. The van der Waals surface area contributed by atoms with Gasteiger partial charge in [0.05, 0.1) is 0 Å². The number of carbonyl (C=O) groups is 1. The first kappa shape index (κ1) is 11.9. The quantitative estimate of drug-likeness (QED) is 0.414. The van der Waals surface area contributed by atoms with Gasteiger partial charge in [0.1, 0.15) is 0 Å². The van der Waals surface area contributed by atoms with E-state index in [2.05, 4.69) is 21.3 Å². The summed E-state index contributed by atoms with van der Waals surface area (Å²) < 4.78 is 0. The first-order valence-corrected chi connectivity index (χ1v) is 6.59. The topological polar surface area (TPSA) is 91.5 Å². The Balaban J connectivity index is 1.99. The highest BCUT2D eigenvalue weighted by molar-refractivity contribution is 6.09. The summed E-state index contributed by atoms with van der Waals surface area (Å²) in [5.74, 6) is 5.21. The van der Waals surface area contributed by atoms with Crippen LogP contribution in [-0.2, 0) is 10.3 Å². The zero-order valence-corrected chi connectivity index (χ0v) is 11.1. The third-order valence-corrected chi connectivity index (χ3v) is 4.02. The molecule has 21 heavy (non-hydrogen) atoms. The highest BCUT2D eigenvalue weighted by atomic mass is 16.2. The molecule has 4 rings (SSSR count). The first-order chi connectivity index (χ1) is 10.3. The number of fused-ring (bicyclic) bond motifs is 5. The summed E-state index contributed by atoms with van der Waals surface area (Å²) >= 11 is 0. The summed E-state index contributed by atoms with van der Waals surface area (Å²) in [4.78, 5) is 12.8. The molecule has 6 heteroatoms. The average molecular weight is 279 g/mol.